The van der Waals surface area contributed by atoms with Crippen LogP contribution in [-0.2, 0) is 9.53 Å². The number of rotatable bonds is 9. The van der Waals surface area contributed by atoms with Gasteiger partial charge in [0.1, 0.15) is 9.88 Å². The molecule has 0 saturated heterocycles. The lowest BCUT2D eigenvalue weighted by atomic mass is 9.99. The molecule has 4 nitrogen and oxygen atoms in total. The summed E-state index contributed by atoms with van der Waals surface area (Å²) in [5, 5.41) is 5.27. The highest BCUT2D eigenvalue weighted by atomic mass is 32.2. The molecule has 0 bridgehead atoms. The van der Waals surface area contributed by atoms with Crippen molar-refractivity contribution in [3.63, 3.8) is 0 Å². The van der Waals surface area contributed by atoms with Crippen molar-refractivity contribution >= 4 is 29.1 Å². The van der Waals surface area contributed by atoms with Crippen molar-refractivity contribution in [2.75, 3.05) is 18.9 Å². The average Bonchev–Trinajstić information content (AvgIpc) is 2.90. The number of thiazole rings is 1. The molecule has 0 radical (unpaired) electrons. The van der Waals surface area contributed by atoms with Crippen LogP contribution < -0.4 is 5.32 Å². The highest BCUT2D eigenvalue weighted by Gasteiger charge is 2.33. The van der Waals surface area contributed by atoms with Crippen LogP contribution in [-0.4, -0.2) is 35.4 Å². The fourth-order valence-corrected chi connectivity index (χ4v) is 3.45. The fourth-order valence-electron chi connectivity index (χ4n) is 1.58. The van der Waals surface area contributed by atoms with Crippen molar-refractivity contribution in [3.8, 4) is 0 Å². The molecule has 1 aromatic heterocycles. The Hall–Kier alpha value is -0.590. The Morgan fingerprint density at radius 1 is 1.58 bits per heavy atom. The first-order chi connectivity index (χ1) is 9.12. The molecule has 1 rings (SSSR count). The number of hydrogen-bond acceptors (Lipinski definition) is 6. The Morgan fingerprint density at radius 3 is 2.95 bits per heavy atom. The summed E-state index contributed by atoms with van der Waals surface area (Å²) in [6.07, 6.45) is 3.53. The summed E-state index contributed by atoms with van der Waals surface area (Å²) in [5.74, 6) is 0.683. The van der Waals surface area contributed by atoms with Crippen LogP contribution in [0.1, 0.15) is 33.6 Å². The number of nitrogens with one attached hydrogen (secondary N) is 1. The molecule has 0 aliphatic heterocycles. The molecule has 0 aromatic carbocycles. The number of ether oxygens (including phenoxy) is 1. The first kappa shape index (κ1) is 16.5. The Balaban J connectivity index is 2.50. The molecule has 108 valence electrons. The minimum Gasteiger partial charge on any atom is -0.465 e. The highest BCUT2D eigenvalue weighted by molar-refractivity contribution is 8.00. The molecule has 6 heteroatoms. The van der Waals surface area contributed by atoms with Gasteiger partial charge >= 0.3 is 5.97 Å². The van der Waals surface area contributed by atoms with Gasteiger partial charge in [0.15, 0.2) is 0 Å². The number of nitrogens with zero attached hydrogens (tertiary/aromatic N) is 1. The van der Waals surface area contributed by atoms with E-state index in [0.29, 0.717) is 6.61 Å². The van der Waals surface area contributed by atoms with Gasteiger partial charge in [-0.15, -0.1) is 11.3 Å². The van der Waals surface area contributed by atoms with Crippen molar-refractivity contribution in [3.05, 3.63) is 11.6 Å². The molecule has 0 saturated carbocycles. The van der Waals surface area contributed by atoms with Crippen LogP contribution >= 0.6 is 23.1 Å². The van der Waals surface area contributed by atoms with E-state index in [9.17, 15) is 4.79 Å². The zero-order valence-electron chi connectivity index (χ0n) is 11.8. The highest BCUT2D eigenvalue weighted by Crippen LogP contribution is 2.24. The van der Waals surface area contributed by atoms with Gasteiger partial charge in [0, 0.05) is 17.3 Å². The lowest BCUT2D eigenvalue weighted by Crippen LogP contribution is -2.51. The Labute approximate surface area is 123 Å². The van der Waals surface area contributed by atoms with Gasteiger partial charge in [-0.25, -0.2) is 4.98 Å². The third-order valence-corrected chi connectivity index (χ3v) is 4.70. The Bertz CT molecular complexity index is 371. The maximum absolute atomic E-state index is 12.1. The van der Waals surface area contributed by atoms with Crippen molar-refractivity contribution in [2.45, 2.75) is 43.5 Å². The van der Waals surface area contributed by atoms with Crippen LogP contribution in [0.3, 0.4) is 0 Å². The minimum absolute atomic E-state index is 0.164. The topological polar surface area (TPSA) is 51.2 Å². The van der Waals surface area contributed by atoms with E-state index in [1.54, 1.807) is 29.3 Å². The lowest BCUT2D eigenvalue weighted by Gasteiger charge is -2.28. The van der Waals surface area contributed by atoms with E-state index in [1.807, 2.05) is 19.2 Å². The maximum atomic E-state index is 12.1. The number of thioether (sulfide) groups is 1. The van der Waals surface area contributed by atoms with Crippen LogP contribution in [0.25, 0.3) is 0 Å². The van der Waals surface area contributed by atoms with E-state index in [1.165, 1.54) is 0 Å². The molecule has 1 atom stereocenters. The third-order valence-electron chi connectivity index (χ3n) is 2.73. The van der Waals surface area contributed by atoms with Crippen LogP contribution in [0.15, 0.2) is 15.9 Å². The average molecular weight is 302 g/mol. The summed E-state index contributed by atoms with van der Waals surface area (Å²) < 4.78 is 6.21. The zero-order chi connectivity index (χ0) is 14.1. The van der Waals surface area contributed by atoms with E-state index >= 15 is 0 Å². The van der Waals surface area contributed by atoms with E-state index < -0.39 is 5.54 Å². The second-order valence-electron chi connectivity index (χ2n) is 4.38. The van der Waals surface area contributed by atoms with Gasteiger partial charge in [-0.05, 0) is 33.2 Å². The van der Waals surface area contributed by atoms with Crippen molar-refractivity contribution in [2.24, 2.45) is 0 Å². The van der Waals surface area contributed by atoms with Gasteiger partial charge < -0.3 is 10.1 Å². The molecule has 19 heavy (non-hydrogen) atoms. The molecule has 1 heterocycles. The molecule has 0 aliphatic carbocycles. The molecule has 0 fully saturated rings. The molecule has 0 amide bonds. The predicted molar refractivity (Wildman–Crippen MR) is 80.8 cm³/mol. The Kier molecular flexibility index (Phi) is 7.41. The van der Waals surface area contributed by atoms with Gasteiger partial charge in [0.05, 0.1) is 6.61 Å². The summed E-state index contributed by atoms with van der Waals surface area (Å²) in [7, 11) is 0. The second-order valence-corrected chi connectivity index (χ2v) is 6.61. The number of esters is 1. The summed E-state index contributed by atoms with van der Waals surface area (Å²) in [6, 6.07) is 0. The second kappa shape index (κ2) is 8.55. The number of carbonyl (C=O) groups excluding carboxylic acids is 1. The summed E-state index contributed by atoms with van der Waals surface area (Å²) in [6.45, 7) is 7.08. The first-order valence-electron chi connectivity index (χ1n) is 6.57. The van der Waals surface area contributed by atoms with Crippen LogP contribution in [0.2, 0.25) is 0 Å². The number of carbonyl (C=O) groups is 1. The molecule has 1 aromatic rings. The van der Waals surface area contributed by atoms with Crippen molar-refractivity contribution in [1.82, 2.24) is 10.3 Å². The van der Waals surface area contributed by atoms with Crippen LogP contribution in [0.4, 0.5) is 0 Å². The summed E-state index contributed by atoms with van der Waals surface area (Å²) in [4.78, 5) is 16.3. The SMILES string of the molecule is CCCNC(C)(CCSc1nccs1)C(=O)OCC. The van der Waals surface area contributed by atoms with E-state index in [2.05, 4.69) is 17.2 Å². The van der Waals surface area contributed by atoms with Gasteiger partial charge in [-0.1, -0.05) is 18.7 Å². The molecular weight excluding hydrogens is 280 g/mol. The van der Waals surface area contributed by atoms with Gasteiger partial charge in [-0.3, -0.25) is 4.79 Å². The Morgan fingerprint density at radius 2 is 2.37 bits per heavy atom. The quantitative estimate of drug-likeness (QED) is 0.561. The summed E-state index contributed by atoms with van der Waals surface area (Å²) >= 11 is 3.31. The molecule has 1 unspecified atom stereocenters. The van der Waals surface area contributed by atoms with Crippen LogP contribution in [0.5, 0.6) is 0 Å². The normalized spacial score (nSPS) is 14.1. The van der Waals surface area contributed by atoms with E-state index in [4.69, 9.17) is 4.74 Å². The molecule has 0 aliphatic rings. The first-order valence-corrected chi connectivity index (χ1v) is 8.43. The number of aromatic nitrogens is 1. The van der Waals surface area contributed by atoms with Gasteiger partial charge in [-0.2, -0.15) is 0 Å². The van der Waals surface area contributed by atoms with Gasteiger partial charge in [0.25, 0.3) is 0 Å². The minimum atomic E-state index is -0.601. The van der Waals surface area contributed by atoms with E-state index in [0.717, 1.165) is 29.5 Å². The molecule has 1 N–H and O–H groups in total. The lowest BCUT2D eigenvalue weighted by molar-refractivity contribution is -0.150. The largest absolute Gasteiger partial charge is 0.465 e. The third kappa shape index (κ3) is 5.50. The van der Waals surface area contributed by atoms with Crippen molar-refractivity contribution < 1.29 is 9.53 Å². The molecular formula is C13H22N2O2S2. The van der Waals surface area contributed by atoms with Crippen LogP contribution in [0, 0.1) is 0 Å². The molecule has 0 spiro atoms. The number of hydrogen-bond donors (Lipinski definition) is 1. The smallest absolute Gasteiger partial charge is 0.326 e. The maximum Gasteiger partial charge on any atom is 0.326 e. The van der Waals surface area contributed by atoms with Crippen molar-refractivity contribution in [1.29, 1.82) is 0 Å². The fraction of sp³-hybridized carbons (Fsp3) is 0.692. The standard InChI is InChI=1S/C13H22N2O2S2/c1-4-7-15-13(3,11(16)17-5-2)6-9-18-12-14-8-10-19-12/h8,10,15H,4-7,9H2,1-3H3. The van der Waals surface area contributed by atoms with Gasteiger partial charge in [0.2, 0.25) is 0 Å². The monoisotopic (exact) mass is 302 g/mol. The summed E-state index contributed by atoms with van der Waals surface area (Å²) in [5.41, 5.74) is -0.601. The van der Waals surface area contributed by atoms with E-state index in [-0.39, 0.29) is 5.97 Å². The predicted octanol–water partition coefficient (Wildman–Crippen LogP) is 2.95. The zero-order valence-corrected chi connectivity index (χ0v) is 13.4.